The number of amides is 1. The number of carbonyl (C=O) groups is 1. The number of sulfonamides is 1. The van der Waals surface area contributed by atoms with Gasteiger partial charge in [-0.25, -0.2) is 18.4 Å². The molecular weight excluding hydrogens is 438 g/mol. The maximum atomic E-state index is 12.5. The average Bonchev–Trinajstić information content (AvgIpc) is 2.78. The zero-order chi connectivity index (χ0) is 23.1. The van der Waals surface area contributed by atoms with Crippen LogP contribution in [0.4, 0.5) is 17.2 Å². The second-order valence-electron chi connectivity index (χ2n) is 6.25. The van der Waals surface area contributed by atoms with Gasteiger partial charge in [-0.15, -0.1) is 0 Å². The average molecular weight is 455 g/mol. The van der Waals surface area contributed by atoms with Crippen LogP contribution in [-0.2, 0) is 14.8 Å². The summed E-state index contributed by atoms with van der Waals surface area (Å²) in [5.41, 5.74) is 0.767. The van der Waals surface area contributed by atoms with Crippen LogP contribution in [0.5, 0.6) is 5.88 Å². The lowest BCUT2D eigenvalue weighted by atomic mass is 10.2. The molecule has 1 heterocycles. The predicted molar refractivity (Wildman–Crippen MR) is 117 cm³/mol. The molecule has 2 aromatic carbocycles. The molecule has 0 aliphatic rings. The van der Waals surface area contributed by atoms with Gasteiger partial charge < -0.3 is 10.1 Å². The number of non-ortho nitro benzene ring substituents is 1. The monoisotopic (exact) mass is 455 g/mol. The van der Waals surface area contributed by atoms with Crippen molar-refractivity contribution in [1.82, 2.24) is 9.97 Å². The van der Waals surface area contributed by atoms with Gasteiger partial charge in [0.1, 0.15) is 12.1 Å². The molecular formula is C20H17N5O6S. The van der Waals surface area contributed by atoms with Crippen LogP contribution in [0.2, 0.25) is 0 Å². The van der Waals surface area contributed by atoms with E-state index in [0.29, 0.717) is 11.3 Å². The Morgan fingerprint density at radius 3 is 2.56 bits per heavy atom. The maximum Gasteiger partial charge on any atom is 0.270 e. The number of benzene rings is 2. The summed E-state index contributed by atoms with van der Waals surface area (Å²) < 4.78 is 32.3. The van der Waals surface area contributed by atoms with E-state index in [-0.39, 0.29) is 22.3 Å². The first-order valence-electron chi connectivity index (χ1n) is 8.99. The number of aromatic nitrogens is 2. The third-order valence-corrected chi connectivity index (χ3v) is 5.40. The van der Waals surface area contributed by atoms with Crippen molar-refractivity contribution >= 4 is 39.2 Å². The van der Waals surface area contributed by atoms with E-state index >= 15 is 0 Å². The van der Waals surface area contributed by atoms with Crippen molar-refractivity contribution in [3.63, 3.8) is 0 Å². The molecule has 0 fully saturated rings. The van der Waals surface area contributed by atoms with Gasteiger partial charge in [-0.1, -0.05) is 12.1 Å². The topological polar surface area (TPSA) is 153 Å². The summed E-state index contributed by atoms with van der Waals surface area (Å²) in [6.45, 7) is 0. The molecule has 0 saturated heterocycles. The van der Waals surface area contributed by atoms with Crippen LogP contribution < -0.4 is 14.8 Å². The van der Waals surface area contributed by atoms with E-state index in [1.807, 2.05) is 0 Å². The first kappa shape index (κ1) is 22.4. The number of nitro benzene ring substituents is 1. The Bertz CT molecular complexity index is 1280. The van der Waals surface area contributed by atoms with Crippen molar-refractivity contribution in [2.24, 2.45) is 0 Å². The lowest BCUT2D eigenvalue weighted by Crippen LogP contribution is -2.14. The van der Waals surface area contributed by atoms with Crippen molar-refractivity contribution in [1.29, 1.82) is 0 Å². The number of nitro groups is 1. The molecule has 0 unspecified atom stereocenters. The molecule has 1 aromatic heterocycles. The van der Waals surface area contributed by atoms with E-state index in [4.69, 9.17) is 4.74 Å². The fourth-order valence-electron chi connectivity index (χ4n) is 2.52. The van der Waals surface area contributed by atoms with Crippen molar-refractivity contribution in [3.05, 3.63) is 82.7 Å². The molecule has 2 N–H and O–H groups in total. The lowest BCUT2D eigenvalue weighted by molar-refractivity contribution is -0.384. The molecule has 0 aliphatic carbocycles. The third kappa shape index (κ3) is 5.86. The molecule has 164 valence electrons. The number of hydrogen-bond acceptors (Lipinski definition) is 8. The Morgan fingerprint density at radius 1 is 1.12 bits per heavy atom. The Morgan fingerprint density at radius 2 is 1.88 bits per heavy atom. The van der Waals surface area contributed by atoms with Gasteiger partial charge in [0, 0.05) is 30.0 Å². The van der Waals surface area contributed by atoms with Crippen LogP contribution in [0.25, 0.3) is 6.08 Å². The SMILES string of the molecule is COc1cc(NS(=O)(=O)c2ccc(NC(=O)/C=C/c3cccc([N+](=O)[O-])c3)cc2)ncn1. The zero-order valence-corrected chi connectivity index (χ0v) is 17.4. The highest BCUT2D eigenvalue weighted by atomic mass is 32.2. The highest BCUT2D eigenvalue weighted by Gasteiger charge is 2.15. The van der Waals surface area contributed by atoms with E-state index in [9.17, 15) is 23.3 Å². The number of ether oxygens (including phenoxy) is 1. The number of hydrogen-bond donors (Lipinski definition) is 2. The number of nitrogens with zero attached hydrogens (tertiary/aromatic N) is 3. The minimum Gasteiger partial charge on any atom is -0.481 e. The molecule has 0 saturated carbocycles. The Labute approximate surface area is 183 Å². The summed E-state index contributed by atoms with van der Waals surface area (Å²) in [6, 6.07) is 12.6. The first-order chi connectivity index (χ1) is 15.3. The van der Waals surface area contributed by atoms with Gasteiger partial charge in [0.2, 0.25) is 11.8 Å². The van der Waals surface area contributed by atoms with Gasteiger partial charge in [0.25, 0.3) is 15.7 Å². The number of carbonyl (C=O) groups excluding carboxylic acids is 1. The minimum atomic E-state index is -3.92. The highest BCUT2D eigenvalue weighted by Crippen LogP contribution is 2.19. The number of rotatable bonds is 8. The first-order valence-corrected chi connectivity index (χ1v) is 10.5. The summed E-state index contributed by atoms with van der Waals surface area (Å²) in [7, 11) is -2.52. The van der Waals surface area contributed by atoms with Crippen molar-refractivity contribution in [3.8, 4) is 5.88 Å². The molecule has 32 heavy (non-hydrogen) atoms. The quantitative estimate of drug-likeness (QED) is 0.299. The van der Waals surface area contributed by atoms with Crippen LogP contribution in [0.1, 0.15) is 5.56 Å². The van der Waals surface area contributed by atoms with Crippen LogP contribution in [0, 0.1) is 10.1 Å². The molecule has 12 heteroatoms. The molecule has 0 bridgehead atoms. The van der Waals surface area contributed by atoms with E-state index in [1.165, 1.54) is 67.8 Å². The Balaban J connectivity index is 1.65. The van der Waals surface area contributed by atoms with E-state index < -0.39 is 20.9 Å². The molecule has 0 aliphatic heterocycles. The van der Waals surface area contributed by atoms with E-state index in [1.54, 1.807) is 6.07 Å². The highest BCUT2D eigenvalue weighted by molar-refractivity contribution is 7.92. The molecule has 1 amide bonds. The van der Waals surface area contributed by atoms with E-state index in [0.717, 1.165) is 6.33 Å². The van der Waals surface area contributed by atoms with Gasteiger partial charge in [0.05, 0.1) is 16.9 Å². The normalized spacial score (nSPS) is 11.2. The standard InChI is InChI=1S/C20H17N5O6S/c1-31-20-12-18(21-13-22-20)24-32(29,30)17-8-6-15(7-9-17)23-19(26)10-5-14-3-2-4-16(11-14)25(27)28/h2-13H,1H3,(H,23,26)(H,21,22,24)/b10-5+. The molecule has 11 nitrogen and oxygen atoms in total. The van der Waals surface area contributed by atoms with E-state index in [2.05, 4.69) is 20.0 Å². The summed E-state index contributed by atoms with van der Waals surface area (Å²) in [5, 5.41) is 13.4. The van der Waals surface area contributed by atoms with Gasteiger partial charge >= 0.3 is 0 Å². The summed E-state index contributed by atoms with van der Waals surface area (Å²) >= 11 is 0. The zero-order valence-electron chi connectivity index (χ0n) is 16.6. The lowest BCUT2D eigenvalue weighted by Gasteiger charge is -2.09. The summed E-state index contributed by atoms with van der Waals surface area (Å²) in [4.78, 5) is 30.0. The Hall–Kier alpha value is -4.32. The molecule has 3 rings (SSSR count). The second-order valence-corrected chi connectivity index (χ2v) is 7.93. The predicted octanol–water partition coefficient (Wildman–Crippen LogP) is 2.85. The summed E-state index contributed by atoms with van der Waals surface area (Å²) in [6.07, 6.45) is 3.81. The summed E-state index contributed by atoms with van der Waals surface area (Å²) in [5.74, 6) is -0.243. The molecule has 0 radical (unpaired) electrons. The van der Waals surface area contributed by atoms with Gasteiger partial charge in [-0.2, -0.15) is 0 Å². The fourth-order valence-corrected chi connectivity index (χ4v) is 3.52. The van der Waals surface area contributed by atoms with Crippen LogP contribution in [-0.4, -0.2) is 36.3 Å². The van der Waals surface area contributed by atoms with Crippen molar-refractivity contribution in [2.45, 2.75) is 4.90 Å². The third-order valence-electron chi connectivity index (χ3n) is 4.03. The van der Waals surface area contributed by atoms with Crippen molar-refractivity contribution in [2.75, 3.05) is 17.1 Å². The fraction of sp³-hybridized carbons (Fsp3) is 0.0500. The molecule has 0 spiro atoms. The van der Waals surface area contributed by atoms with Crippen LogP contribution >= 0.6 is 0 Å². The van der Waals surface area contributed by atoms with Crippen molar-refractivity contribution < 1.29 is 22.9 Å². The maximum absolute atomic E-state index is 12.5. The largest absolute Gasteiger partial charge is 0.481 e. The Kier molecular flexibility index (Phi) is 6.75. The van der Waals surface area contributed by atoms with Gasteiger partial charge in [0.15, 0.2) is 0 Å². The van der Waals surface area contributed by atoms with Gasteiger partial charge in [-0.3, -0.25) is 19.6 Å². The van der Waals surface area contributed by atoms with Crippen LogP contribution in [0.15, 0.2) is 71.9 Å². The molecule has 0 atom stereocenters. The number of methoxy groups -OCH3 is 1. The second kappa shape index (κ2) is 9.66. The smallest absolute Gasteiger partial charge is 0.270 e. The number of anilines is 2. The minimum absolute atomic E-state index is 0.0415. The molecule has 3 aromatic rings. The van der Waals surface area contributed by atoms with Crippen LogP contribution in [0.3, 0.4) is 0 Å². The van der Waals surface area contributed by atoms with Gasteiger partial charge in [-0.05, 0) is 35.9 Å². The number of nitrogens with one attached hydrogen (secondary N) is 2.